The van der Waals surface area contributed by atoms with Crippen molar-refractivity contribution in [1.82, 2.24) is 5.32 Å². The van der Waals surface area contributed by atoms with Crippen LogP contribution in [0, 0.1) is 0 Å². The lowest BCUT2D eigenvalue weighted by Gasteiger charge is -2.25. The standard InChI is InChI=1S/C12H14Cl3NO3S/c1-4-12(2,3)16-11(17)8-5-7(13)6-9(10(8)14)20(15,18)19/h5-6H,4H2,1-3H3,(H,16,17). The first-order chi connectivity index (χ1) is 8.98. The van der Waals surface area contributed by atoms with E-state index >= 15 is 0 Å². The molecule has 0 aliphatic carbocycles. The van der Waals surface area contributed by atoms with Gasteiger partial charge >= 0.3 is 0 Å². The summed E-state index contributed by atoms with van der Waals surface area (Å²) >= 11 is 11.8. The van der Waals surface area contributed by atoms with Crippen LogP contribution in [0.5, 0.6) is 0 Å². The first kappa shape index (κ1) is 17.6. The minimum absolute atomic E-state index is 0.0279. The van der Waals surface area contributed by atoms with Crippen LogP contribution in [0.3, 0.4) is 0 Å². The summed E-state index contributed by atoms with van der Waals surface area (Å²) < 4.78 is 22.8. The van der Waals surface area contributed by atoms with Crippen molar-refractivity contribution in [3.05, 3.63) is 27.7 Å². The van der Waals surface area contributed by atoms with E-state index < -0.39 is 20.5 Å². The molecule has 1 rings (SSSR count). The predicted octanol–water partition coefficient (Wildman–Crippen LogP) is 3.84. The van der Waals surface area contributed by atoms with Crippen molar-refractivity contribution in [3.63, 3.8) is 0 Å². The zero-order chi connectivity index (χ0) is 15.7. The van der Waals surface area contributed by atoms with Gasteiger partial charge in [0.15, 0.2) is 0 Å². The SMILES string of the molecule is CCC(C)(C)NC(=O)c1cc(Cl)cc(S(=O)(=O)Cl)c1Cl. The van der Waals surface area contributed by atoms with Gasteiger partial charge in [0.25, 0.3) is 15.0 Å². The molecule has 20 heavy (non-hydrogen) atoms. The minimum atomic E-state index is -4.09. The van der Waals surface area contributed by atoms with Crippen LogP contribution in [-0.4, -0.2) is 19.9 Å². The van der Waals surface area contributed by atoms with Gasteiger partial charge in [-0.25, -0.2) is 8.42 Å². The van der Waals surface area contributed by atoms with Crippen molar-refractivity contribution in [2.75, 3.05) is 0 Å². The van der Waals surface area contributed by atoms with E-state index in [1.807, 2.05) is 20.8 Å². The highest BCUT2D eigenvalue weighted by atomic mass is 35.7. The topological polar surface area (TPSA) is 63.2 Å². The van der Waals surface area contributed by atoms with E-state index in [1.165, 1.54) is 6.07 Å². The second kappa shape index (κ2) is 6.10. The molecule has 4 nitrogen and oxygen atoms in total. The fourth-order valence-electron chi connectivity index (χ4n) is 1.37. The van der Waals surface area contributed by atoms with E-state index in [2.05, 4.69) is 5.32 Å². The van der Waals surface area contributed by atoms with Gasteiger partial charge in [-0.15, -0.1) is 0 Å². The van der Waals surface area contributed by atoms with Crippen LogP contribution in [0.2, 0.25) is 10.0 Å². The third-order valence-corrected chi connectivity index (χ3v) is 4.93. The fraction of sp³-hybridized carbons (Fsp3) is 0.417. The second-order valence-electron chi connectivity index (χ2n) is 4.89. The Balaban J connectivity index is 3.33. The number of nitrogens with one attached hydrogen (secondary N) is 1. The molecule has 0 saturated carbocycles. The van der Waals surface area contributed by atoms with Crippen molar-refractivity contribution in [3.8, 4) is 0 Å². The highest BCUT2D eigenvalue weighted by Crippen LogP contribution is 2.31. The fourth-order valence-corrected chi connectivity index (χ4v) is 3.23. The number of benzene rings is 1. The van der Waals surface area contributed by atoms with Gasteiger partial charge in [-0.1, -0.05) is 30.1 Å². The van der Waals surface area contributed by atoms with Crippen molar-refractivity contribution in [2.24, 2.45) is 0 Å². The van der Waals surface area contributed by atoms with Gasteiger partial charge in [-0.2, -0.15) is 0 Å². The molecule has 1 aromatic carbocycles. The summed E-state index contributed by atoms with van der Waals surface area (Å²) in [6.45, 7) is 5.58. The quantitative estimate of drug-likeness (QED) is 0.832. The number of rotatable bonds is 4. The maximum absolute atomic E-state index is 12.2. The molecule has 1 aromatic rings. The zero-order valence-corrected chi connectivity index (χ0v) is 14.2. The maximum Gasteiger partial charge on any atom is 0.262 e. The van der Waals surface area contributed by atoms with E-state index in [-0.39, 0.29) is 20.5 Å². The summed E-state index contributed by atoms with van der Waals surface area (Å²) in [6, 6.07) is 2.41. The predicted molar refractivity (Wildman–Crippen MR) is 81.3 cm³/mol. The molecule has 1 N–H and O–H groups in total. The highest BCUT2D eigenvalue weighted by molar-refractivity contribution is 8.13. The molecule has 0 saturated heterocycles. The average molecular weight is 359 g/mol. The molecule has 8 heteroatoms. The summed E-state index contributed by atoms with van der Waals surface area (Å²) in [6.07, 6.45) is 0.692. The number of carbonyl (C=O) groups excluding carboxylic acids is 1. The van der Waals surface area contributed by atoms with Gasteiger partial charge in [0.1, 0.15) is 4.90 Å². The summed E-state index contributed by atoms with van der Waals surface area (Å²) in [7, 11) is 1.18. The molecule has 0 unspecified atom stereocenters. The summed E-state index contributed by atoms with van der Waals surface area (Å²) in [5.74, 6) is -0.508. The highest BCUT2D eigenvalue weighted by Gasteiger charge is 2.25. The van der Waals surface area contributed by atoms with Crippen LogP contribution in [0.1, 0.15) is 37.6 Å². The zero-order valence-electron chi connectivity index (χ0n) is 11.1. The lowest BCUT2D eigenvalue weighted by molar-refractivity contribution is 0.0911. The first-order valence-electron chi connectivity index (χ1n) is 5.74. The van der Waals surface area contributed by atoms with Gasteiger partial charge in [0.05, 0.1) is 10.6 Å². The average Bonchev–Trinajstić information content (AvgIpc) is 2.29. The van der Waals surface area contributed by atoms with Gasteiger partial charge in [-0.05, 0) is 32.4 Å². The number of halogens is 3. The monoisotopic (exact) mass is 357 g/mol. The molecule has 0 heterocycles. The first-order valence-corrected chi connectivity index (χ1v) is 8.80. The Bertz CT molecular complexity index is 642. The van der Waals surface area contributed by atoms with E-state index in [9.17, 15) is 13.2 Å². The lowest BCUT2D eigenvalue weighted by Crippen LogP contribution is -2.42. The maximum atomic E-state index is 12.2. The molecule has 0 aliphatic rings. The van der Waals surface area contributed by atoms with Gasteiger partial charge in [0.2, 0.25) is 0 Å². The summed E-state index contributed by atoms with van der Waals surface area (Å²) in [5, 5.41) is 2.57. The van der Waals surface area contributed by atoms with Crippen molar-refractivity contribution >= 4 is 48.8 Å². The molecule has 0 atom stereocenters. The largest absolute Gasteiger partial charge is 0.347 e. The molecule has 0 aliphatic heterocycles. The van der Waals surface area contributed by atoms with Crippen molar-refractivity contribution in [2.45, 2.75) is 37.6 Å². The Kier molecular flexibility index (Phi) is 5.35. The molecule has 0 fully saturated rings. The lowest BCUT2D eigenvalue weighted by atomic mass is 10.0. The van der Waals surface area contributed by atoms with E-state index in [4.69, 9.17) is 33.9 Å². The third-order valence-electron chi connectivity index (χ3n) is 2.85. The number of amides is 1. The number of hydrogen-bond donors (Lipinski definition) is 1. The number of carbonyl (C=O) groups is 1. The summed E-state index contributed by atoms with van der Waals surface area (Å²) in [4.78, 5) is 11.8. The van der Waals surface area contributed by atoms with Crippen molar-refractivity contribution < 1.29 is 13.2 Å². The Morgan fingerprint density at radius 3 is 2.30 bits per heavy atom. The van der Waals surface area contributed by atoms with Crippen molar-refractivity contribution in [1.29, 1.82) is 0 Å². The van der Waals surface area contributed by atoms with Gasteiger partial charge in [0, 0.05) is 21.2 Å². The van der Waals surface area contributed by atoms with E-state index in [1.54, 1.807) is 0 Å². The van der Waals surface area contributed by atoms with E-state index in [0.717, 1.165) is 6.07 Å². The molecule has 112 valence electrons. The third kappa shape index (κ3) is 4.25. The van der Waals surface area contributed by atoms with Gasteiger partial charge in [-0.3, -0.25) is 4.79 Å². The van der Waals surface area contributed by atoms with Gasteiger partial charge < -0.3 is 5.32 Å². The van der Waals surface area contributed by atoms with Crippen LogP contribution in [-0.2, 0) is 9.05 Å². The molecular weight excluding hydrogens is 345 g/mol. The molecule has 0 bridgehead atoms. The molecule has 1 amide bonds. The van der Waals surface area contributed by atoms with Crippen LogP contribution in [0.15, 0.2) is 17.0 Å². The molecule has 0 radical (unpaired) electrons. The van der Waals surface area contributed by atoms with Crippen LogP contribution < -0.4 is 5.32 Å². The van der Waals surface area contributed by atoms with Crippen LogP contribution >= 0.6 is 33.9 Å². The summed E-state index contributed by atoms with van der Waals surface area (Å²) in [5.41, 5.74) is -0.483. The number of hydrogen-bond acceptors (Lipinski definition) is 3. The molecular formula is C12H14Cl3NO3S. The second-order valence-corrected chi connectivity index (χ2v) is 8.24. The molecule has 0 aromatic heterocycles. The minimum Gasteiger partial charge on any atom is -0.347 e. The Labute approximate surface area is 132 Å². The Hall–Kier alpha value is -0.490. The molecule has 0 spiro atoms. The van der Waals surface area contributed by atoms with E-state index in [0.29, 0.717) is 6.42 Å². The van der Waals surface area contributed by atoms with Crippen LogP contribution in [0.4, 0.5) is 0 Å². The Morgan fingerprint density at radius 2 is 1.85 bits per heavy atom. The van der Waals surface area contributed by atoms with Crippen LogP contribution in [0.25, 0.3) is 0 Å². The smallest absolute Gasteiger partial charge is 0.262 e. The normalized spacial score (nSPS) is 12.3. The Morgan fingerprint density at radius 1 is 1.30 bits per heavy atom.